The molecule has 0 radical (unpaired) electrons. The Labute approximate surface area is 167 Å². The lowest BCUT2D eigenvalue weighted by Gasteiger charge is -2.14. The molecule has 2 aromatic heterocycles. The van der Waals surface area contributed by atoms with Crippen molar-refractivity contribution in [2.45, 2.75) is 26.5 Å². The van der Waals surface area contributed by atoms with Crippen LogP contribution in [0.3, 0.4) is 0 Å². The number of furan rings is 1. The molecule has 0 saturated carbocycles. The number of aromatic nitrogens is 1. The number of nitrogens with zero attached hydrogens (tertiary/aromatic N) is 1. The van der Waals surface area contributed by atoms with Crippen LogP contribution in [0.1, 0.15) is 39.8 Å². The summed E-state index contributed by atoms with van der Waals surface area (Å²) in [4.78, 5) is 17.2. The second kappa shape index (κ2) is 7.86. The third-order valence-electron chi connectivity index (χ3n) is 4.39. The van der Waals surface area contributed by atoms with Crippen LogP contribution < -0.4 is 10.1 Å². The van der Waals surface area contributed by atoms with Gasteiger partial charge in [0.15, 0.2) is 0 Å². The molecule has 0 aliphatic carbocycles. The van der Waals surface area contributed by atoms with Gasteiger partial charge in [-0.05, 0) is 38.1 Å². The fourth-order valence-electron chi connectivity index (χ4n) is 2.97. The monoisotopic (exact) mass is 392 g/mol. The molecule has 0 aliphatic heterocycles. The van der Waals surface area contributed by atoms with E-state index in [4.69, 9.17) is 9.15 Å². The first-order valence-electron chi connectivity index (χ1n) is 9.02. The van der Waals surface area contributed by atoms with Gasteiger partial charge in [0.1, 0.15) is 23.7 Å². The molecule has 4 rings (SSSR count). The molecule has 1 N–H and O–H groups in total. The first-order chi connectivity index (χ1) is 13.6. The van der Waals surface area contributed by atoms with Crippen molar-refractivity contribution in [2.75, 3.05) is 0 Å². The molecule has 142 valence electrons. The van der Waals surface area contributed by atoms with Crippen LogP contribution in [0, 0.1) is 6.92 Å². The molecule has 1 amide bonds. The van der Waals surface area contributed by atoms with E-state index >= 15 is 0 Å². The average molecular weight is 392 g/mol. The summed E-state index contributed by atoms with van der Waals surface area (Å²) in [7, 11) is 0. The van der Waals surface area contributed by atoms with E-state index in [0.717, 1.165) is 21.7 Å². The minimum Gasteiger partial charge on any atom is -0.486 e. The van der Waals surface area contributed by atoms with E-state index in [1.54, 1.807) is 23.5 Å². The molecule has 0 saturated heterocycles. The number of amides is 1. The molecule has 0 bridgehead atoms. The summed E-state index contributed by atoms with van der Waals surface area (Å²) in [5.41, 5.74) is 2.15. The quantitative estimate of drug-likeness (QED) is 0.486. The van der Waals surface area contributed by atoms with E-state index in [1.807, 2.05) is 61.7 Å². The first kappa shape index (κ1) is 18.3. The highest BCUT2D eigenvalue weighted by molar-refractivity contribution is 7.09. The van der Waals surface area contributed by atoms with Gasteiger partial charge < -0.3 is 14.5 Å². The molecule has 5 nitrogen and oxygen atoms in total. The van der Waals surface area contributed by atoms with Crippen molar-refractivity contribution in [1.29, 1.82) is 0 Å². The summed E-state index contributed by atoms with van der Waals surface area (Å²) in [6.07, 6.45) is 0. The van der Waals surface area contributed by atoms with E-state index in [9.17, 15) is 4.79 Å². The molecule has 2 heterocycles. The minimum absolute atomic E-state index is 0.210. The van der Waals surface area contributed by atoms with E-state index in [0.29, 0.717) is 23.7 Å². The average Bonchev–Trinajstić information content (AvgIpc) is 3.32. The molecule has 1 atom stereocenters. The lowest BCUT2D eigenvalue weighted by molar-refractivity contribution is 0.0931. The Hall–Kier alpha value is -3.12. The Kier molecular flexibility index (Phi) is 5.12. The number of carbonyl (C=O) groups is 1. The molecule has 4 aromatic rings. The molecule has 0 aliphatic rings. The Morgan fingerprint density at radius 2 is 2.00 bits per heavy atom. The number of ether oxygens (including phenoxy) is 1. The zero-order chi connectivity index (χ0) is 19.5. The third-order valence-corrected chi connectivity index (χ3v) is 5.22. The molecule has 6 heteroatoms. The summed E-state index contributed by atoms with van der Waals surface area (Å²) < 4.78 is 11.7. The number of rotatable bonds is 6. The molecular formula is C22H20N2O3S. The van der Waals surface area contributed by atoms with Crippen LogP contribution in [0.5, 0.6) is 5.75 Å². The lowest BCUT2D eigenvalue weighted by Crippen LogP contribution is -2.26. The van der Waals surface area contributed by atoms with Crippen LogP contribution in [-0.2, 0) is 6.61 Å². The van der Waals surface area contributed by atoms with Gasteiger partial charge >= 0.3 is 0 Å². The number of fused-ring (bicyclic) bond motifs is 1. The minimum atomic E-state index is -0.269. The van der Waals surface area contributed by atoms with Crippen molar-refractivity contribution >= 4 is 28.2 Å². The second-order valence-electron chi connectivity index (χ2n) is 6.52. The first-order valence-corrected chi connectivity index (χ1v) is 9.90. The SMILES string of the molecule is Cc1nc(COc2ccccc2C(=O)N[C@H](C)c2cc3ccccc3o2)cs1. The van der Waals surface area contributed by atoms with Crippen LogP contribution in [-0.4, -0.2) is 10.9 Å². The van der Waals surface area contributed by atoms with Crippen LogP contribution in [0.4, 0.5) is 0 Å². The van der Waals surface area contributed by atoms with Gasteiger partial charge in [-0.25, -0.2) is 4.98 Å². The highest BCUT2D eigenvalue weighted by Crippen LogP contribution is 2.25. The normalized spacial score (nSPS) is 12.1. The van der Waals surface area contributed by atoms with Crippen molar-refractivity contribution in [2.24, 2.45) is 0 Å². The van der Waals surface area contributed by atoms with E-state index in [-0.39, 0.29) is 11.9 Å². The third kappa shape index (κ3) is 3.92. The predicted octanol–water partition coefficient (Wildman–Crippen LogP) is 5.27. The highest BCUT2D eigenvalue weighted by Gasteiger charge is 2.18. The van der Waals surface area contributed by atoms with Crippen molar-refractivity contribution in [3.05, 3.63) is 82.0 Å². The van der Waals surface area contributed by atoms with E-state index in [1.165, 1.54) is 0 Å². The van der Waals surface area contributed by atoms with Gasteiger partial charge in [-0.2, -0.15) is 0 Å². The fraction of sp³-hybridized carbons (Fsp3) is 0.182. The molecule has 2 aromatic carbocycles. The van der Waals surface area contributed by atoms with Gasteiger partial charge in [0.25, 0.3) is 5.91 Å². The Bertz CT molecular complexity index is 1080. The largest absolute Gasteiger partial charge is 0.486 e. The number of hydrogen-bond donors (Lipinski definition) is 1. The zero-order valence-electron chi connectivity index (χ0n) is 15.6. The smallest absolute Gasteiger partial charge is 0.255 e. The number of aryl methyl sites for hydroxylation is 1. The van der Waals surface area contributed by atoms with Gasteiger partial charge in [-0.3, -0.25) is 4.79 Å². The topological polar surface area (TPSA) is 64.4 Å². The van der Waals surface area contributed by atoms with Crippen molar-refractivity contribution < 1.29 is 13.9 Å². The van der Waals surface area contributed by atoms with Crippen LogP contribution in [0.25, 0.3) is 11.0 Å². The van der Waals surface area contributed by atoms with Crippen molar-refractivity contribution in [3.63, 3.8) is 0 Å². The zero-order valence-corrected chi connectivity index (χ0v) is 16.5. The van der Waals surface area contributed by atoms with Crippen LogP contribution in [0.15, 0.2) is 64.4 Å². The fourth-order valence-corrected chi connectivity index (χ4v) is 3.56. The molecule has 0 fully saturated rings. The standard InChI is InChI=1S/C22H20N2O3S/c1-14(21-11-16-7-3-5-9-19(16)27-21)23-22(25)18-8-4-6-10-20(18)26-12-17-13-28-15(2)24-17/h3-11,13-14H,12H2,1-2H3,(H,23,25)/t14-/m1/s1. The maximum absolute atomic E-state index is 12.8. The van der Waals surface area contributed by atoms with Crippen LogP contribution >= 0.6 is 11.3 Å². The number of thiazole rings is 1. The number of carbonyl (C=O) groups excluding carboxylic acids is 1. The van der Waals surface area contributed by atoms with Gasteiger partial charge in [-0.15, -0.1) is 11.3 Å². The number of para-hydroxylation sites is 2. The Balaban J connectivity index is 1.48. The highest BCUT2D eigenvalue weighted by atomic mass is 32.1. The van der Waals surface area contributed by atoms with Crippen molar-refractivity contribution in [1.82, 2.24) is 10.3 Å². The molecular weight excluding hydrogens is 372 g/mol. The molecule has 28 heavy (non-hydrogen) atoms. The summed E-state index contributed by atoms with van der Waals surface area (Å²) >= 11 is 1.58. The Morgan fingerprint density at radius 1 is 1.21 bits per heavy atom. The van der Waals surface area contributed by atoms with Gasteiger partial charge in [0, 0.05) is 10.8 Å². The van der Waals surface area contributed by atoms with Gasteiger partial charge in [0.05, 0.1) is 22.3 Å². The summed E-state index contributed by atoms with van der Waals surface area (Å²) in [5.74, 6) is 1.03. The van der Waals surface area contributed by atoms with Crippen LogP contribution in [0.2, 0.25) is 0 Å². The van der Waals surface area contributed by atoms with Crippen molar-refractivity contribution in [3.8, 4) is 5.75 Å². The predicted molar refractivity (Wildman–Crippen MR) is 110 cm³/mol. The molecule has 0 spiro atoms. The van der Waals surface area contributed by atoms with E-state index < -0.39 is 0 Å². The number of hydrogen-bond acceptors (Lipinski definition) is 5. The maximum Gasteiger partial charge on any atom is 0.255 e. The van der Waals surface area contributed by atoms with Gasteiger partial charge in [0.2, 0.25) is 0 Å². The second-order valence-corrected chi connectivity index (χ2v) is 7.59. The lowest BCUT2D eigenvalue weighted by atomic mass is 10.1. The summed E-state index contributed by atoms with van der Waals surface area (Å²) in [6, 6.07) is 16.7. The number of nitrogens with one attached hydrogen (secondary N) is 1. The molecule has 0 unspecified atom stereocenters. The summed E-state index contributed by atoms with van der Waals surface area (Å²) in [5, 5.41) is 6.95. The van der Waals surface area contributed by atoms with E-state index in [2.05, 4.69) is 10.3 Å². The Morgan fingerprint density at radius 3 is 2.79 bits per heavy atom. The maximum atomic E-state index is 12.8. The number of benzene rings is 2. The van der Waals surface area contributed by atoms with Gasteiger partial charge in [-0.1, -0.05) is 30.3 Å². The summed E-state index contributed by atoms with van der Waals surface area (Å²) in [6.45, 7) is 4.18.